The van der Waals surface area contributed by atoms with Crippen LogP contribution in [-0.4, -0.2) is 47.3 Å². The molecule has 1 saturated carbocycles. The Hall–Kier alpha value is -1.67. The van der Waals surface area contributed by atoms with Crippen molar-refractivity contribution in [2.75, 3.05) is 31.1 Å². The molecule has 0 bridgehead atoms. The molecule has 122 valence electrons. The summed E-state index contributed by atoms with van der Waals surface area (Å²) in [7, 11) is 0. The van der Waals surface area contributed by atoms with Gasteiger partial charge in [-0.25, -0.2) is 0 Å². The maximum Gasteiger partial charge on any atom is 0.296 e. The van der Waals surface area contributed by atoms with Gasteiger partial charge >= 0.3 is 0 Å². The van der Waals surface area contributed by atoms with Gasteiger partial charge in [-0.05, 0) is 79.4 Å². The molecule has 5 nitrogen and oxygen atoms in total. The van der Waals surface area contributed by atoms with Crippen molar-refractivity contribution in [2.45, 2.75) is 51.0 Å². The van der Waals surface area contributed by atoms with Crippen molar-refractivity contribution >= 4 is 11.6 Å². The molecule has 0 unspecified atom stereocenters. The average molecular weight is 311 g/mol. The van der Waals surface area contributed by atoms with Crippen molar-refractivity contribution in [3.05, 3.63) is 23.5 Å². The highest BCUT2D eigenvalue weighted by Gasteiger charge is 2.39. The lowest BCUT2D eigenvalue weighted by Gasteiger charge is -2.50. The van der Waals surface area contributed by atoms with E-state index < -0.39 is 0 Å². The second-order valence-corrected chi connectivity index (χ2v) is 7.47. The predicted octanol–water partition coefficient (Wildman–Crippen LogP) is 3.26. The maximum absolute atomic E-state index is 6.96. The van der Waals surface area contributed by atoms with Crippen LogP contribution in [0.15, 0.2) is 12.1 Å². The Balaban J connectivity index is 1.32. The molecule has 1 aromatic heterocycles. The van der Waals surface area contributed by atoms with E-state index in [2.05, 4.69) is 24.8 Å². The molecule has 0 atom stereocenters. The van der Waals surface area contributed by atoms with Crippen LogP contribution in [0.5, 0.6) is 0 Å². The highest BCUT2D eigenvalue weighted by Crippen LogP contribution is 2.43. The molecular weight excluding hydrogens is 286 g/mol. The number of hydrogen-bond acceptors (Lipinski definition) is 4. The summed E-state index contributed by atoms with van der Waals surface area (Å²) >= 11 is 0. The van der Waals surface area contributed by atoms with E-state index in [1.54, 1.807) is 6.07 Å². The Morgan fingerprint density at radius 3 is 2.22 bits per heavy atom. The van der Waals surface area contributed by atoms with E-state index in [1.807, 2.05) is 6.07 Å². The molecule has 1 aromatic rings. The van der Waals surface area contributed by atoms with E-state index in [-0.39, 0.29) is 0 Å². The SMILES string of the molecule is [C-]#[N+]c1ccc(N2CCC3(CC2)CCN(C2CCC2)CC3)nn1. The molecule has 0 amide bonds. The molecular formula is C18H25N5. The van der Waals surface area contributed by atoms with E-state index >= 15 is 0 Å². The average Bonchev–Trinajstić information content (AvgIpc) is 2.56. The van der Waals surface area contributed by atoms with Crippen LogP contribution in [0.3, 0.4) is 0 Å². The van der Waals surface area contributed by atoms with Gasteiger partial charge in [-0.1, -0.05) is 13.0 Å². The lowest BCUT2D eigenvalue weighted by Crippen LogP contribution is -2.51. The molecule has 4 rings (SSSR count). The van der Waals surface area contributed by atoms with Crippen LogP contribution in [0.1, 0.15) is 44.9 Å². The first-order valence-electron chi connectivity index (χ1n) is 8.98. The van der Waals surface area contributed by atoms with Crippen LogP contribution >= 0.6 is 0 Å². The van der Waals surface area contributed by atoms with Crippen molar-refractivity contribution in [2.24, 2.45) is 5.41 Å². The minimum atomic E-state index is 0.380. The van der Waals surface area contributed by atoms with Gasteiger partial charge in [0.1, 0.15) is 0 Å². The molecule has 2 aliphatic heterocycles. The zero-order valence-corrected chi connectivity index (χ0v) is 13.7. The highest BCUT2D eigenvalue weighted by atomic mass is 15.3. The standard InChI is InChI=1S/C18H25N5/c1-19-16-5-6-17(21-20-16)23-13-9-18(10-14-23)7-11-22(12-8-18)15-3-2-4-15/h5-6,15H,2-4,7-14H2. The molecule has 1 spiro atoms. The van der Waals surface area contributed by atoms with Crippen LogP contribution in [0.4, 0.5) is 11.6 Å². The molecule has 0 radical (unpaired) electrons. The highest BCUT2D eigenvalue weighted by molar-refractivity contribution is 5.44. The first-order chi connectivity index (χ1) is 11.3. The maximum atomic E-state index is 6.96. The van der Waals surface area contributed by atoms with Gasteiger partial charge in [-0.15, -0.1) is 0 Å². The fourth-order valence-corrected chi connectivity index (χ4v) is 4.37. The van der Waals surface area contributed by atoms with Gasteiger partial charge < -0.3 is 14.6 Å². The summed E-state index contributed by atoms with van der Waals surface area (Å²) in [4.78, 5) is 8.39. The number of likely N-dealkylation sites (tertiary alicyclic amines) is 1. The van der Waals surface area contributed by atoms with Crippen molar-refractivity contribution in [3.63, 3.8) is 0 Å². The van der Waals surface area contributed by atoms with Crippen LogP contribution in [-0.2, 0) is 0 Å². The Morgan fingerprint density at radius 1 is 1.00 bits per heavy atom. The van der Waals surface area contributed by atoms with Gasteiger partial charge in [0, 0.05) is 19.1 Å². The van der Waals surface area contributed by atoms with E-state index in [0.29, 0.717) is 11.2 Å². The van der Waals surface area contributed by atoms with Gasteiger partial charge in [-0.3, -0.25) is 0 Å². The molecule has 2 saturated heterocycles. The normalized spacial score (nSPS) is 25.1. The lowest BCUT2D eigenvalue weighted by atomic mass is 9.70. The fraction of sp³-hybridized carbons (Fsp3) is 0.722. The topological polar surface area (TPSA) is 36.6 Å². The summed E-state index contributed by atoms with van der Waals surface area (Å²) < 4.78 is 0. The van der Waals surface area contributed by atoms with Crippen molar-refractivity contribution in [1.29, 1.82) is 0 Å². The number of nitrogens with zero attached hydrogens (tertiary/aromatic N) is 5. The van der Waals surface area contributed by atoms with Gasteiger partial charge in [-0.2, -0.15) is 0 Å². The number of piperidine rings is 2. The molecule has 5 heteroatoms. The largest absolute Gasteiger partial charge is 0.359 e. The molecule has 3 aliphatic rings. The summed E-state index contributed by atoms with van der Waals surface area (Å²) in [6.07, 6.45) is 9.60. The third kappa shape index (κ3) is 2.92. The Labute approximate surface area is 138 Å². The molecule has 1 aliphatic carbocycles. The van der Waals surface area contributed by atoms with E-state index in [1.165, 1.54) is 58.0 Å². The second kappa shape index (κ2) is 6.09. The smallest absolute Gasteiger partial charge is 0.296 e. The van der Waals surface area contributed by atoms with Crippen LogP contribution < -0.4 is 4.90 Å². The van der Waals surface area contributed by atoms with Crippen molar-refractivity contribution < 1.29 is 0 Å². The first-order valence-corrected chi connectivity index (χ1v) is 8.98. The van der Waals surface area contributed by atoms with Crippen LogP contribution in [0.25, 0.3) is 4.85 Å². The number of rotatable bonds is 2. The zero-order valence-electron chi connectivity index (χ0n) is 13.7. The van der Waals surface area contributed by atoms with Crippen molar-refractivity contribution in [3.8, 4) is 0 Å². The zero-order chi connectivity index (χ0) is 15.7. The van der Waals surface area contributed by atoms with Crippen molar-refractivity contribution in [1.82, 2.24) is 15.1 Å². The number of anilines is 1. The Bertz CT molecular complexity index is 568. The minimum Gasteiger partial charge on any atom is -0.359 e. The first kappa shape index (κ1) is 14.9. The molecule has 0 aromatic carbocycles. The minimum absolute atomic E-state index is 0.380. The summed E-state index contributed by atoms with van der Waals surface area (Å²) in [5.41, 5.74) is 0.570. The predicted molar refractivity (Wildman–Crippen MR) is 90.6 cm³/mol. The fourth-order valence-electron chi connectivity index (χ4n) is 4.37. The molecule has 0 N–H and O–H groups in total. The summed E-state index contributed by atoms with van der Waals surface area (Å²) in [6, 6.07) is 4.62. The van der Waals surface area contributed by atoms with Gasteiger partial charge in [0.25, 0.3) is 5.82 Å². The van der Waals surface area contributed by atoms with E-state index in [9.17, 15) is 0 Å². The Kier molecular flexibility index (Phi) is 3.94. The Morgan fingerprint density at radius 2 is 1.70 bits per heavy atom. The van der Waals surface area contributed by atoms with Crippen LogP contribution in [0, 0.1) is 12.0 Å². The van der Waals surface area contributed by atoms with Gasteiger partial charge in [0.05, 0.1) is 0 Å². The monoisotopic (exact) mass is 311 g/mol. The molecule has 3 fully saturated rings. The summed E-state index contributed by atoms with van der Waals surface area (Å²) in [5, 5.41) is 8.18. The molecule has 3 heterocycles. The number of hydrogen-bond donors (Lipinski definition) is 0. The van der Waals surface area contributed by atoms with E-state index in [4.69, 9.17) is 6.57 Å². The summed E-state index contributed by atoms with van der Waals surface area (Å²) in [6.45, 7) is 11.7. The third-order valence-corrected chi connectivity index (χ3v) is 6.35. The van der Waals surface area contributed by atoms with Gasteiger partial charge in [0.15, 0.2) is 5.82 Å². The molecule has 23 heavy (non-hydrogen) atoms. The summed E-state index contributed by atoms with van der Waals surface area (Å²) in [5.74, 6) is 1.31. The van der Waals surface area contributed by atoms with Crippen LogP contribution in [0.2, 0.25) is 0 Å². The quantitative estimate of drug-likeness (QED) is 0.786. The lowest BCUT2D eigenvalue weighted by molar-refractivity contribution is 0.0305. The second-order valence-electron chi connectivity index (χ2n) is 7.47. The third-order valence-electron chi connectivity index (χ3n) is 6.35. The van der Waals surface area contributed by atoms with Gasteiger partial charge in [0.2, 0.25) is 0 Å². The van der Waals surface area contributed by atoms with E-state index in [0.717, 1.165) is 24.9 Å². The number of aromatic nitrogens is 2.